The first-order valence-electron chi connectivity index (χ1n) is 39.6. The van der Waals surface area contributed by atoms with Crippen LogP contribution in [-0.2, 0) is 0 Å². The van der Waals surface area contributed by atoms with Gasteiger partial charge < -0.3 is 0 Å². The summed E-state index contributed by atoms with van der Waals surface area (Å²) in [6.45, 7) is 0. The minimum atomic E-state index is 1.25. The van der Waals surface area contributed by atoms with Crippen molar-refractivity contribution in [1.82, 2.24) is 0 Å². The highest BCUT2D eigenvalue weighted by Gasteiger charge is 2.23. The van der Waals surface area contributed by atoms with Crippen molar-refractivity contribution in [2.45, 2.75) is 0 Å². The van der Waals surface area contributed by atoms with Crippen LogP contribution in [0.3, 0.4) is 0 Å². The van der Waals surface area contributed by atoms with Crippen LogP contribution in [0.2, 0.25) is 0 Å². The Balaban J connectivity index is 0.000000104. The van der Waals surface area contributed by atoms with Crippen LogP contribution in [0, 0.1) is 0 Å². The van der Waals surface area contributed by atoms with Crippen LogP contribution < -0.4 is 0 Å². The fourth-order valence-corrected chi connectivity index (χ4v) is 19.0. The molecule has 0 N–H and O–H groups in total. The second-order valence-corrected chi connectivity index (χ2v) is 30.3. The summed E-state index contributed by atoms with van der Waals surface area (Å²) in [6, 6.07) is 160. The largest absolute Gasteiger partial charge is 0.0622 e. The lowest BCUT2D eigenvalue weighted by molar-refractivity contribution is 1.66. The number of benzene rings is 24. The molecule has 0 aliphatic carbocycles. The summed E-state index contributed by atoms with van der Waals surface area (Å²) in [5, 5.41) is 38.7. The summed E-state index contributed by atoms with van der Waals surface area (Å²) >= 11 is 0. The summed E-state index contributed by atoms with van der Waals surface area (Å²) in [7, 11) is 0. The van der Waals surface area contributed by atoms with E-state index in [9.17, 15) is 0 Å². The maximum atomic E-state index is 2.42. The Morgan fingerprint density at radius 2 is 0.316 bits per heavy atom. The number of hydrogen-bond donors (Lipinski definition) is 0. The summed E-state index contributed by atoms with van der Waals surface area (Å²) in [5.41, 5.74) is 15.4. The minimum Gasteiger partial charge on any atom is -0.0622 e. The van der Waals surface area contributed by atoms with Gasteiger partial charge in [-0.15, -0.1) is 0 Å². The Hall–Kier alpha value is -14.8. The van der Waals surface area contributed by atoms with E-state index in [1.807, 2.05) is 0 Å². The number of rotatable bonds is 6. The zero-order valence-electron chi connectivity index (χ0n) is 62.6. The molecule has 0 saturated heterocycles. The Morgan fingerprint density at radius 1 is 0.0877 bits per heavy atom. The molecule has 24 aromatic rings. The van der Waals surface area contributed by atoms with E-state index >= 15 is 0 Å². The van der Waals surface area contributed by atoms with Gasteiger partial charge in [0.05, 0.1) is 0 Å². The third-order valence-corrected chi connectivity index (χ3v) is 24.0. The first kappa shape index (κ1) is 66.2. The molecule has 24 rings (SSSR count). The van der Waals surface area contributed by atoms with Crippen molar-refractivity contribution in [1.29, 1.82) is 0 Å². The summed E-state index contributed by atoms with van der Waals surface area (Å²) in [5.74, 6) is 0. The Kier molecular flexibility index (Phi) is 16.0. The van der Waals surface area contributed by atoms with Gasteiger partial charge in [0, 0.05) is 0 Å². The topological polar surface area (TPSA) is 0 Å². The van der Waals surface area contributed by atoms with Gasteiger partial charge in [0.1, 0.15) is 0 Å². The van der Waals surface area contributed by atoms with Crippen molar-refractivity contribution < 1.29 is 0 Å². The molecule has 114 heavy (non-hydrogen) atoms. The van der Waals surface area contributed by atoms with Gasteiger partial charge in [0.2, 0.25) is 0 Å². The van der Waals surface area contributed by atoms with Crippen molar-refractivity contribution in [3.8, 4) is 66.8 Å². The predicted molar refractivity (Wildman–Crippen MR) is 495 cm³/mol. The Labute approximate surface area is 660 Å². The maximum Gasteiger partial charge on any atom is -0.00199 e. The lowest BCUT2D eigenvalue weighted by Crippen LogP contribution is -1.92. The second-order valence-electron chi connectivity index (χ2n) is 30.3. The molecule has 0 heterocycles. The average Bonchev–Trinajstić information content (AvgIpc) is 0.736. The summed E-state index contributed by atoms with van der Waals surface area (Å²) in [4.78, 5) is 0. The highest BCUT2D eigenvalue weighted by Crippen LogP contribution is 2.51. The van der Waals surface area contributed by atoms with Crippen LogP contribution in [0.5, 0.6) is 0 Å². The highest BCUT2D eigenvalue weighted by atomic mass is 14.3. The number of hydrogen-bond acceptors (Lipinski definition) is 0. The molecule has 0 nitrogen and oxygen atoms in total. The van der Waals surface area contributed by atoms with Crippen molar-refractivity contribution >= 4 is 162 Å². The van der Waals surface area contributed by atoms with Crippen molar-refractivity contribution in [3.05, 3.63) is 437 Å². The zero-order valence-corrected chi connectivity index (χ0v) is 62.6. The van der Waals surface area contributed by atoms with Gasteiger partial charge in [-0.05, 0) is 259 Å². The molecule has 0 aliphatic heterocycles. The molecule has 528 valence electrons. The van der Waals surface area contributed by atoms with Crippen LogP contribution >= 0.6 is 0 Å². The Bertz CT molecular complexity index is 7810. The van der Waals surface area contributed by atoms with Gasteiger partial charge in [-0.25, -0.2) is 0 Å². The van der Waals surface area contributed by atoms with Gasteiger partial charge >= 0.3 is 0 Å². The molecule has 0 unspecified atom stereocenters. The molecular formula is C114H72. The average molecular weight is 1440 g/mol. The molecule has 0 aliphatic rings. The Morgan fingerprint density at radius 3 is 0.719 bits per heavy atom. The standard InChI is InChI=1S/3C38H24/c1-2-11-28-23-29(21-17-25(28)9-1)37-32-13-5-7-15-34(32)38(35-16-8-6-14-33(35)37)30-22-20-27-19-18-26-10-3-4-12-31(26)36(27)24-30;1-2-12-26-23-28(22-21-25(26)11-1)37-32-17-7-9-19-34(32)38(35-20-10-8-18-33(35)37)36-24-27-13-3-4-14-29(27)30-15-5-6-16-31(30)36;1-2-12-25(13-3-1)37-32-18-8-10-20-34(32)38(35-21-11-9-19-33(35)37)26-22-23-31-29-16-5-4-14-27(29)28-15-6-7-17-30(28)36(31)24-26/h3*1-24H. The molecule has 0 heteroatoms. The fraction of sp³-hybridized carbons (Fsp3) is 0. The van der Waals surface area contributed by atoms with E-state index in [4.69, 9.17) is 0 Å². The van der Waals surface area contributed by atoms with E-state index in [1.165, 1.54) is 228 Å². The number of fused-ring (bicyclic) bond motifs is 20. The molecule has 0 bridgehead atoms. The van der Waals surface area contributed by atoms with Gasteiger partial charge in [0.15, 0.2) is 0 Å². The van der Waals surface area contributed by atoms with E-state index in [1.54, 1.807) is 0 Å². The first-order valence-corrected chi connectivity index (χ1v) is 39.6. The van der Waals surface area contributed by atoms with Crippen LogP contribution in [-0.4, -0.2) is 0 Å². The monoisotopic (exact) mass is 1440 g/mol. The van der Waals surface area contributed by atoms with Crippen molar-refractivity contribution in [2.75, 3.05) is 0 Å². The molecule has 0 atom stereocenters. The van der Waals surface area contributed by atoms with E-state index in [0.29, 0.717) is 0 Å². The third-order valence-electron chi connectivity index (χ3n) is 24.0. The van der Waals surface area contributed by atoms with Crippen molar-refractivity contribution in [2.24, 2.45) is 0 Å². The van der Waals surface area contributed by atoms with Crippen LogP contribution in [0.15, 0.2) is 437 Å². The van der Waals surface area contributed by atoms with E-state index < -0.39 is 0 Å². The van der Waals surface area contributed by atoms with Crippen LogP contribution in [0.4, 0.5) is 0 Å². The lowest BCUT2D eigenvalue weighted by atomic mass is 9.83. The molecule has 0 aromatic heterocycles. The van der Waals surface area contributed by atoms with Gasteiger partial charge in [0.25, 0.3) is 0 Å². The molecule has 0 saturated carbocycles. The van der Waals surface area contributed by atoms with Crippen LogP contribution in [0.1, 0.15) is 0 Å². The quantitative estimate of drug-likeness (QED) is 0.115. The molecule has 0 amide bonds. The van der Waals surface area contributed by atoms with Crippen LogP contribution in [0.25, 0.3) is 228 Å². The zero-order chi connectivity index (χ0) is 75.2. The molecule has 0 radical (unpaired) electrons. The molecular weight excluding hydrogens is 1370 g/mol. The van der Waals surface area contributed by atoms with Gasteiger partial charge in [-0.2, -0.15) is 0 Å². The first-order chi connectivity index (χ1) is 56.6. The van der Waals surface area contributed by atoms with E-state index in [0.717, 1.165) is 0 Å². The molecule has 0 spiro atoms. The summed E-state index contributed by atoms with van der Waals surface area (Å²) in [6.07, 6.45) is 0. The molecule has 24 aromatic carbocycles. The highest BCUT2D eigenvalue weighted by molar-refractivity contribution is 6.30. The molecule has 0 fully saturated rings. The lowest BCUT2D eigenvalue weighted by Gasteiger charge is -2.19. The fourth-order valence-electron chi connectivity index (χ4n) is 19.0. The van der Waals surface area contributed by atoms with Gasteiger partial charge in [-0.3, -0.25) is 0 Å². The normalized spacial score (nSPS) is 11.7. The van der Waals surface area contributed by atoms with Gasteiger partial charge in [-0.1, -0.05) is 406 Å². The third kappa shape index (κ3) is 11.1. The second kappa shape index (κ2) is 27.6. The van der Waals surface area contributed by atoms with Crippen molar-refractivity contribution in [3.63, 3.8) is 0 Å². The maximum absolute atomic E-state index is 2.42. The predicted octanol–water partition coefficient (Wildman–Crippen LogP) is 32.4. The smallest absolute Gasteiger partial charge is 0.00199 e. The SMILES string of the molecule is c1ccc(-c2c3ccccc3c(-c3ccc4c5ccccc5c5ccccc5c4c3)c3ccccc23)cc1.c1ccc2cc(-c3c4ccccc4c(-c4cc5ccccc5c5ccccc45)c4ccccc34)ccc2c1.c1ccc2cc(-c3c4ccccc4c(-c4ccc5ccc6ccccc6c5c4)c4ccccc34)ccc2c1. The van der Waals surface area contributed by atoms with E-state index in [2.05, 4.69) is 437 Å². The summed E-state index contributed by atoms with van der Waals surface area (Å²) < 4.78 is 0. The minimum absolute atomic E-state index is 1.25. The van der Waals surface area contributed by atoms with E-state index in [-0.39, 0.29) is 0 Å².